The van der Waals surface area contributed by atoms with Gasteiger partial charge < -0.3 is 0 Å². The van der Waals surface area contributed by atoms with Crippen molar-refractivity contribution in [2.75, 3.05) is 0 Å². The van der Waals surface area contributed by atoms with E-state index in [2.05, 4.69) is 0 Å². The average Bonchev–Trinajstić information content (AvgIpc) is 1.98. The van der Waals surface area contributed by atoms with Gasteiger partial charge in [0.2, 0.25) is 0 Å². The van der Waals surface area contributed by atoms with E-state index >= 15 is 0 Å². The first-order chi connectivity index (χ1) is 5.84. The van der Waals surface area contributed by atoms with Crippen molar-refractivity contribution in [3.8, 4) is 0 Å². The highest BCUT2D eigenvalue weighted by atomic mass is 127. The summed E-state index contributed by atoms with van der Waals surface area (Å²) in [6, 6.07) is 0.973. The maximum atomic E-state index is 12.7. The van der Waals surface area contributed by atoms with Crippen LogP contribution in [0.4, 0.5) is 22.0 Å². The number of hydrogen-bond acceptors (Lipinski definition) is 0. The van der Waals surface area contributed by atoms with Gasteiger partial charge in [-0.2, -0.15) is 8.78 Å². The van der Waals surface area contributed by atoms with E-state index in [1.165, 1.54) is 0 Å². The lowest BCUT2D eigenvalue weighted by atomic mass is 10.2. The van der Waals surface area contributed by atoms with Crippen molar-refractivity contribution in [3.63, 3.8) is 0 Å². The van der Waals surface area contributed by atoms with Crippen LogP contribution in [0, 0.1) is 17.5 Å². The molecule has 6 heteroatoms. The number of benzene rings is 1. The number of halogens is 6. The molecule has 0 saturated heterocycles. The molecule has 0 bridgehead atoms. The van der Waals surface area contributed by atoms with Crippen LogP contribution in [-0.2, 0) is 3.93 Å². The van der Waals surface area contributed by atoms with E-state index in [9.17, 15) is 22.0 Å². The Morgan fingerprint density at radius 2 is 1.54 bits per heavy atom. The van der Waals surface area contributed by atoms with Crippen molar-refractivity contribution in [1.82, 2.24) is 0 Å². The molecule has 72 valence electrons. The summed E-state index contributed by atoms with van der Waals surface area (Å²) in [7, 11) is 0. The summed E-state index contributed by atoms with van der Waals surface area (Å²) in [6.45, 7) is 0. The van der Waals surface area contributed by atoms with Gasteiger partial charge in [-0.3, -0.25) is 0 Å². The molecular weight excluding hydrogens is 306 g/mol. The SMILES string of the molecule is Fc1ccc(C(F)(F)I)c(F)c1F. The van der Waals surface area contributed by atoms with Gasteiger partial charge in [0, 0.05) is 22.6 Å². The molecule has 0 aliphatic rings. The van der Waals surface area contributed by atoms with Gasteiger partial charge in [0.1, 0.15) is 0 Å². The third-order valence-electron chi connectivity index (χ3n) is 1.34. The first kappa shape index (κ1) is 10.7. The van der Waals surface area contributed by atoms with Crippen LogP contribution in [-0.4, -0.2) is 0 Å². The first-order valence-corrected chi connectivity index (χ1v) is 4.12. The topological polar surface area (TPSA) is 0 Å². The van der Waals surface area contributed by atoms with Gasteiger partial charge in [-0.25, -0.2) is 13.2 Å². The molecule has 0 atom stereocenters. The molecule has 0 aromatic heterocycles. The fourth-order valence-electron chi connectivity index (χ4n) is 0.745. The molecule has 0 N–H and O–H groups in total. The Morgan fingerprint density at radius 3 is 2.00 bits per heavy atom. The smallest absolute Gasteiger partial charge is 0.204 e. The Morgan fingerprint density at radius 1 is 1.00 bits per heavy atom. The third-order valence-corrected chi connectivity index (χ3v) is 1.92. The van der Waals surface area contributed by atoms with Gasteiger partial charge in [-0.15, -0.1) is 0 Å². The molecule has 0 aliphatic heterocycles. The molecule has 0 unspecified atom stereocenters. The fraction of sp³-hybridized carbons (Fsp3) is 0.143. The lowest BCUT2D eigenvalue weighted by Gasteiger charge is -2.09. The van der Waals surface area contributed by atoms with Crippen LogP contribution in [0.1, 0.15) is 5.56 Å². The van der Waals surface area contributed by atoms with Crippen molar-refractivity contribution in [3.05, 3.63) is 35.1 Å². The zero-order valence-corrected chi connectivity index (χ0v) is 8.08. The lowest BCUT2D eigenvalue weighted by Crippen LogP contribution is -2.08. The van der Waals surface area contributed by atoms with E-state index in [0.717, 1.165) is 0 Å². The Kier molecular flexibility index (Phi) is 2.79. The second-order valence-corrected chi connectivity index (χ2v) is 3.58. The molecular formula is C7H2F5I. The summed E-state index contributed by atoms with van der Waals surface area (Å²) in [4.78, 5) is 0. The van der Waals surface area contributed by atoms with Gasteiger partial charge in [0.05, 0.1) is 5.56 Å². The van der Waals surface area contributed by atoms with E-state index in [-0.39, 0.29) is 0 Å². The molecule has 0 saturated carbocycles. The summed E-state index contributed by atoms with van der Waals surface area (Å²) in [5, 5.41) is 0. The summed E-state index contributed by atoms with van der Waals surface area (Å²) in [6.07, 6.45) is 0. The third kappa shape index (κ3) is 2.09. The van der Waals surface area contributed by atoms with Crippen LogP contribution in [0.5, 0.6) is 0 Å². The zero-order valence-electron chi connectivity index (χ0n) is 5.92. The van der Waals surface area contributed by atoms with Gasteiger partial charge in [-0.1, -0.05) is 0 Å². The molecule has 0 fully saturated rings. The summed E-state index contributed by atoms with van der Waals surface area (Å²) in [5.74, 6) is -5.21. The minimum absolute atomic E-state index is 0.459. The van der Waals surface area contributed by atoms with Crippen LogP contribution in [0.3, 0.4) is 0 Å². The van der Waals surface area contributed by atoms with Crippen LogP contribution < -0.4 is 0 Å². The van der Waals surface area contributed by atoms with Crippen molar-refractivity contribution >= 4 is 22.6 Å². The van der Waals surface area contributed by atoms with Crippen molar-refractivity contribution in [2.24, 2.45) is 0 Å². The number of hydrogen-bond donors (Lipinski definition) is 0. The average molecular weight is 308 g/mol. The molecule has 0 nitrogen and oxygen atoms in total. The first-order valence-electron chi connectivity index (χ1n) is 3.04. The van der Waals surface area contributed by atoms with Crippen LogP contribution in [0.2, 0.25) is 0 Å². The molecule has 0 spiro atoms. The monoisotopic (exact) mass is 308 g/mol. The van der Waals surface area contributed by atoms with E-state index in [0.29, 0.717) is 34.7 Å². The Bertz CT molecular complexity index is 330. The van der Waals surface area contributed by atoms with Crippen LogP contribution in [0.25, 0.3) is 0 Å². The molecule has 0 heterocycles. The van der Waals surface area contributed by atoms with Crippen LogP contribution in [0.15, 0.2) is 12.1 Å². The van der Waals surface area contributed by atoms with Gasteiger partial charge in [0.25, 0.3) is 0 Å². The van der Waals surface area contributed by atoms with E-state index in [1.807, 2.05) is 0 Å². The fourth-order valence-corrected chi connectivity index (χ4v) is 1.16. The second kappa shape index (κ2) is 3.39. The van der Waals surface area contributed by atoms with Crippen LogP contribution >= 0.6 is 22.6 Å². The zero-order chi connectivity index (χ0) is 10.2. The van der Waals surface area contributed by atoms with Gasteiger partial charge in [0.15, 0.2) is 17.5 Å². The second-order valence-electron chi connectivity index (χ2n) is 2.22. The predicted molar refractivity (Wildman–Crippen MR) is 44.2 cm³/mol. The highest BCUT2D eigenvalue weighted by Crippen LogP contribution is 2.37. The maximum Gasteiger partial charge on any atom is 0.324 e. The largest absolute Gasteiger partial charge is 0.324 e. The summed E-state index contributed by atoms with van der Waals surface area (Å²) in [5.41, 5.74) is -1.16. The van der Waals surface area contributed by atoms with E-state index in [1.54, 1.807) is 0 Å². The Balaban J connectivity index is 3.35. The molecule has 1 aromatic carbocycles. The van der Waals surface area contributed by atoms with Gasteiger partial charge in [-0.05, 0) is 12.1 Å². The minimum Gasteiger partial charge on any atom is -0.204 e. The molecule has 1 rings (SSSR count). The van der Waals surface area contributed by atoms with Crippen molar-refractivity contribution in [1.29, 1.82) is 0 Å². The van der Waals surface area contributed by atoms with E-state index < -0.39 is 26.9 Å². The molecule has 13 heavy (non-hydrogen) atoms. The van der Waals surface area contributed by atoms with Gasteiger partial charge >= 0.3 is 3.93 Å². The van der Waals surface area contributed by atoms with E-state index in [4.69, 9.17) is 0 Å². The summed E-state index contributed by atoms with van der Waals surface area (Å²) >= 11 is 0.634. The molecule has 0 aliphatic carbocycles. The predicted octanol–water partition coefficient (Wildman–Crippen LogP) is 3.59. The molecule has 0 amide bonds. The Hall–Kier alpha value is -0.400. The maximum absolute atomic E-state index is 12.7. The van der Waals surface area contributed by atoms with Crippen molar-refractivity contribution in [2.45, 2.75) is 3.93 Å². The number of rotatable bonds is 1. The highest BCUT2D eigenvalue weighted by molar-refractivity contribution is 14.1. The normalized spacial score (nSPS) is 11.8. The summed E-state index contributed by atoms with van der Waals surface area (Å²) < 4.78 is 58.8. The minimum atomic E-state index is -3.55. The van der Waals surface area contributed by atoms with Crippen molar-refractivity contribution < 1.29 is 22.0 Å². The molecule has 0 radical (unpaired) electrons. The standard InChI is InChI=1S/C7H2F5I/c8-4-2-1-3(7(11,12)13)5(9)6(4)10/h1-2H. The number of alkyl halides is 3. The highest BCUT2D eigenvalue weighted by Gasteiger charge is 2.32. The Labute approximate surface area is 83.9 Å². The molecule has 1 aromatic rings. The quantitative estimate of drug-likeness (QED) is 0.322. The lowest BCUT2D eigenvalue weighted by molar-refractivity contribution is 0.121.